The van der Waals surface area contributed by atoms with E-state index in [1.165, 1.54) is 34.8 Å². The molecule has 1 aromatic rings. The highest BCUT2D eigenvalue weighted by Crippen LogP contribution is 2.11. The molecular weight excluding hydrogens is 321 g/mol. The molecule has 0 saturated carbocycles. The Labute approximate surface area is 120 Å². The van der Waals surface area contributed by atoms with E-state index < -0.39 is 0 Å². The molecule has 17 heavy (non-hydrogen) atoms. The van der Waals surface area contributed by atoms with E-state index in [0.717, 1.165) is 13.0 Å². The summed E-state index contributed by atoms with van der Waals surface area (Å²) in [6.07, 6.45) is 6.29. The number of halogens is 1. The maximum Gasteiger partial charge on any atom is 0.0130 e. The highest BCUT2D eigenvalue weighted by Gasteiger charge is 2.07. The van der Waals surface area contributed by atoms with E-state index >= 15 is 0 Å². The molecule has 0 aromatic heterocycles. The van der Waals surface area contributed by atoms with Crippen LogP contribution < -0.4 is 5.32 Å². The van der Waals surface area contributed by atoms with Gasteiger partial charge in [0.05, 0.1) is 0 Å². The summed E-state index contributed by atoms with van der Waals surface area (Å²) in [5, 5.41) is 3.67. The maximum atomic E-state index is 3.67. The molecule has 1 nitrogen and oxygen atoms in total. The van der Waals surface area contributed by atoms with Crippen molar-refractivity contribution in [1.29, 1.82) is 0 Å². The zero-order chi connectivity index (χ0) is 12.5. The number of benzene rings is 1. The van der Waals surface area contributed by atoms with Gasteiger partial charge in [-0.25, -0.2) is 0 Å². The van der Waals surface area contributed by atoms with Gasteiger partial charge in [0.2, 0.25) is 0 Å². The highest BCUT2D eigenvalue weighted by molar-refractivity contribution is 14.1. The fraction of sp³-hybridized carbons (Fsp3) is 0.600. The predicted molar refractivity (Wildman–Crippen MR) is 84.5 cm³/mol. The summed E-state index contributed by atoms with van der Waals surface area (Å²) in [7, 11) is 0. The van der Waals surface area contributed by atoms with Crippen LogP contribution in [0.5, 0.6) is 0 Å². The van der Waals surface area contributed by atoms with Crippen LogP contribution in [0.3, 0.4) is 0 Å². The van der Waals surface area contributed by atoms with Crippen LogP contribution in [0.15, 0.2) is 24.3 Å². The normalized spacial score (nSPS) is 12.6. The van der Waals surface area contributed by atoms with Gasteiger partial charge in [0, 0.05) is 9.61 Å². The summed E-state index contributed by atoms with van der Waals surface area (Å²) >= 11 is 2.36. The van der Waals surface area contributed by atoms with Crippen molar-refractivity contribution in [2.24, 2.45) is 0 Å². The number of nitrogens with one attached hydrogen (secondary N) is 1. The van der Waals surface area contributed by atoms with E-state index in [-0.39, 0.29) is 0 Å². The standard InChI is InChI=1S/C15H24IN/c1-3-5-6-15(17-11-4-2)12-13-7-9-14(16)10-8-13/h7-10,15,17H,3-6,11-12H2,1-2H3. The largest absolute Gasteiger partial charge is 0.314 e. The first-order valence-electron chi connectivity index (χ1n) is 6.74. The smallest absolute Gasteiger partial charge is 0.0130 e. The number of unbranched alkanes of at least 4 members (excludes halogenated alkanes) is 1. The first-order chi connectivity index (χ1) is 8.26. The van der Waals surface area contributed by atoms with Gasteiger partial charge in [0.1, 0.15) is 0 Å². The van der Waals surface area contributed by atoms with Gasteiger partial charge in [0.25, 0.3) is 0 Å². The number of hydrogen-bond donors (Lipinski definition) is 1. The lowest BCUT2D eigenvalue weighted by atomic mass is 10.0. The van der Waals surface area contributed by atoms with Crippen molar-refractivity contribution in [3.05, 3.63) is 33.4 Å². The van der Waals surface area contributed by atoms with Crippen LogP contribution in [0.1, 0.15) is 45.1 Å². The second-order valence-corrected chi connectivity index (χ2v) is 5.87. The number of hydrogen-bond acceptors (Lipinski definition) is 1. The van der Waals surface area contributed by atoms with Crippen LogP contribution in [-0.4, -0.2) is 12.6 Å². The van der Waals surface area contributed by atoms with Crippen LogP contribution in [-0.2, 0) is 6.42 Å². The molecule has 1 rings (SSSR count). The molecule has 0 amide bonds. The Balaban J connectivity index is 2.48. The lowest BCUT2D eigenvalue weighted by molar-refractivity contribution is 0.462. The molecule has 0 saturated heterocycles. The van der Waals surface area contributed by atoms with E-state index in [4.69, 9.17) is 0 Å². The third-order valence-electron chi connectivity index (χ3n) is 2.98. The van der Waals surface area contributed by atoms with Crippen molar-refractivity contribution in [3.63, 3.8) is 0 Å². The molecule has 0 aliphatic carbocycles. The Morgan fingerprint density at radius 1 is 1.12 bits per heavy atom. The van der Waals surface area contributed by atoms with Gasteiger partial charge >= 0.3 is 0 Å². The van der Waals surface area contributed by atoms with Gasteiger partial charge in [-0.3, -0.25) is 0 Å². The van der Waals surface area contributed by atoms with Crippen LogP contribution in [0, 0.1) is 3.57 Å². The zero-order valence-corrected chi connectivity index (χ0v) is 13.2. The van der Waals surface area contributed by atoms with Gasteiger partial charge in [0.15, 0.2) is 0 Å². The van der Waals surface area contributed by atoms with E-state index in [9.17, 15) is 0 Å². The summed E-state index contributed by atoms with van der Waals surface area (Å²) in [6, 6.07) is 9.57. The van der Waals surface area contributed by atoms with Crippen LogP contribution in [0.2, 0.25) is 0 Å². The minimum Gasteiger partial charge on any atom is -0.314 e. The first kappa shape index (κ1) is 15.0. The predicted octanol–water partition coefficient (Wildman–Crippen LogP) is 4.39. The maximum absolute atomic E-state index is 3.67. The van der Waals surface area contributed by atoms with Gasteiger partial charge in [-0.05, 0) is 66.1 Å². The molecule has 0 bridgehead atoms. The summed E-state index contributed by atoms with van der Waals surface area (Å²) in [4.78, 5) is 0. The third kappa shape index (κ3) is 6.41. The van der Waals surface area contributed by atoms with Crippen molar-refractivity contribution in [2.75, 3.05) is 6.54 Å². The van der Waals surface area contributed by atoms with Crippen molar-refractivity contribution in [1.82, 2.24) is 5.32 Å². The van der Waals surface area contributed by atoms with Gasteiger partial charge in [-0.1, -0.05) is 38.8 Å². The topological polar surface area (TPSA) is 12.0 Å². The summed E-state index contributed by atoms with van der Waals surface area (Å²) in [5.41, 5.74) is 1.45. The third-order valence-corrected chi connectivity index (χ3v) is 3.70. The highest BCUT2D eigenvalue weighted by atomic mass is 127. The molecule has 2 heteroatoms. The van der Waals surface area contributed by atoms with E-state index in [0.29, 0.717) is 6.04 Å². The Hall–Kier alpha value is -0.0900. The molecule has 0 radical (unpaired) electrons. The minimum absolute atomic E-state index is 0.648. The molecule has 1 unspecified atom stereocenters. The minimum atomic E-state index is 0.648. The summed E-state index contributed by atoms with van der Waals surface area (Å²) in [5.74, 6) is 0. The molecule has 1 atom stereocenters. The molecule has 1 aromatic carbocycles. The molecule has 0 fully saturated rings. The Morgan fingerprint density at radius 3 is 2.41 bits per heavy atom. The van der Waals surface area contributed by atoms with Crippen LogP contribution >= 0.6 is 22.6 Å². The van der Waals surface area contributed by atoms with Gasteiger partial charge in [-0.15, -0.1) is 0 Å². The average molecular weight is 345 g/mol. The van der Waals surface area contributed by atoms with Crippen LogP contribution in [0.4, 0.5) is 0 Å². The second kappa shape index (κ2) is 8.92. The van der Waals surface area contributed by atoms with Gasteiger partial charge < -0.3 is 5.32 Å². The van der Waals surface area contributed by atoms with Crippen molar-refractivity contribution in [2.45, 2.75) is 52.0 Å². The van der Waals surface area contributed by atoms with Gasteiger partial charge in [-0.2, -0.15) is 0 Å². The monoisotopic (exact) mass is 345 g/mol. The Morgan fingerprint density at radius 2 is 1.82 bits per heavy atom. The summed E-state index contributed by atoms with van der Waals surface area (Å²) < 4.78 is 1.32. The SMILES string of the molecule is CCCCC(Cc1ccc(I)cc1)NCCC. The van der Waals surface area contributed by atoms with Crippen molar-refractivity contribution < 1.29 is 0 Å². The molecule has 96 valence electrons. The molecule has 0 aliphatic rings. The Kier molecular flexibility index (Phi) is 7.86. The molecule has 0 heterocycles. The average Bonchev–Trinajstić information content (AvgIpc) is 2.35. The zero-order valence-electron chi connectivity index (χ0n) is 11.0. The molecule has 0 spiro atoms. The summed E-state index contributed by atoms with van der Waals surface area (Å²) in [6.45, 7) is 5.63. The van der Waals surface area contributed by atoms with E-state index in [2.05, 4.69) is 66.0 Å². The molecular formula is C15H24IN. The lowest BCUT2D eigenvalue weighted by Crippen LogP contribution is -2.31. The van der Waals surface area contributed by atoms with Crippen molar-refractivity contribution in [3.8, 4) is 0 Å². The fourth-order valence-corrected chi connectivity index (χ4v) is 2.34. The molecule has 0 aliphatic heterocycles. The molecule has 1 N–H and O–H groups in total. The van der Waals surface area contributed by atoms with E-state index in [1.807, 2.05) is 0 Å². The lowest BCUT2D eigenvalue weighted by Gasteiger charge is -2.18. The quantitative estimate of drug-likeness (QED) is 0.689. The fourth-order valence-electron chi connectivity index (χ4n) is 1.98. The first-order valence-corrected chi connectivity index (χ1v) is 7.82. The van der Waals surface area contributed by atoms with E-state index in [1.54, 1.807) is 0 Å². The van der Waals surface area contributed by atoms with Crippen LogP contribution in [0.25, 0.3) is 0 Å². The second-order valence-electron chi connectivity index (χ2n) is 4.62. The van der Waals surface area contributed by atoms with Crippen molar-refractivity contribution >= 4 is 22.6 Å². The Bertz CT molecular complexity index is 286. The number of rotatable bonds is 8.